The van der Waals surface area contributed by atoms with E-state index < -0.39 is 16.0 Å². The number of carboxylic acid groups (broad SMARTS) is 1. The molecule has 0 aromatic heterocycles. The van der Waals surface area contributed by atoms with Crippen LogP contribution in [0.3, 0.4) is 0 Å². The van der Waals surface area contributed by atoms with E-state index in [2.05, 4.69) is 0 Å². The van der Waals surface area contributed by atoms with Gasteiger partial charge in [-0.2, -0.15) is 4.31 Å². The van der Waals surface area contributed by atoms with E-state index in [1.165, 1.54) is 16.4 Å². The molecule has 5 nitrogen and oxygen atoms in total. The maximum absolute atomic E-state index is 13.4. The Bertz CT molecular complexity index is 1130. The molecule has 0 fully saturated rings. The first-order valence-electron chi connectivity index (χ1n) is 9.09. The fraction of sp³-hybridized carbons (Fsp3) is 0.136. The van der Waals surface area contributed by atoms with E-state index in [-0.39, 0.29) is 28.6 Å². The zero-order valence-corrected chi connectivity index (χ0v) is 18.2. The predicted molar refractivity (Wildman–Crippen MR) is 118 cm³/mol. The second kappa shape index (κ2) is 9.62. The van der Waals surface area contributed by atoms with E-state index in [4.69, 9.17) is 23.2 Å². The smallest absolute Gasteiger partial charge is 0.337 e. The normalized spacial score (nSPS) is 11.6. The summed E-state index contributed by atoms with van der Waals surface area (Å²) in [6, 6.07) is 20.1. The topological polar surface area (TPSA) is 74.7 Å². The van der Waals surface area contributed by atoms with Gasteiger partial charge in [0.2, 0.25) is 10.0 Å². The summed E-state index contributed by atoms with van der Waals surface area (Å²) in [6.07, 6.45) is 0.475. The lowest BCUT2D eigenvalue weighted by atomic mass is 10.1. The average Bonchev–Trinajstić information content (AvgIpc) is 2.73. The summed E-state index contributed by atoms with van der Waals surface area (Å²) in [5.41, 5.74) is 1.51. The number of hydrogen-bond donors (Lipinski definition) is 1. The van der Waals surface area contributed by atoms with Crippen LogP contribution >= 0.6 is 23.2 Å². The number of hydrogen-bond acceptors (Lipinski definition) is 3. The van der Waals surface area contributed by atoms with Crippen LogP contribution in [-0.2, 0) is 23.0 Å². The van der Waals surface area contributed by atoms with Gasteiger partial charge in [-0.3, -0.25) is 0 Å². The highest BCUT2D eigenvalue weighted by Crippen LogP contribution is 2.25. The van der Waals surface area contributed by atoms with Gasteiger partial charge in [0.1, 0.15) is 0 Å². The van der Waals surface area contributed by atoms with Gasteiger partial charge in [-0.05, 0) is 47.9 Å². The number of sulfonamides is 1. The molecule has 0 amide bonds. The molecule has 0 radical (unpaired) electrons. The minimum Gasteiger partial charge on any atom is -0.478 e. The summed E-state index contributed by atoms with van der Waals surface area (Å²) in [7, 11) is -3.97. The van der Waals surface area contributed by atoms with Crippen molar-refractivity contribution in [3.63, 3.8) is 0 Å². The summed E-state index contributed by atoms with van der Waals surface area (Å²) >= 11 is 11.8. The molecule has 0 aliphatic heterocycles. The van der Waals surface area contributed by atoms with Crippen LogP contribution in [0.1, 0.15) is 21.5 Å². The van der Waals surface area contributed by atoms with Crippen molar-refractivity contribution in [3.05, 3.63) is 99.5 Å². The molecule has 3 aromatic carbocycles. The molecule has 30 heavy (non-hydrogen) atoms. The van der Waals surface area contributed by atoms with Gasteiger partial charge in [0.25, 0.3) is 0 Å². The first-order chi connectivity index (χ1) is 14.3. The number of aromatic carboxylic acids is 1. The molecule has 0 aliphatic rings. The molecule has 0 atom stereocenters. The third-order valence-corrected chi connectivity index (χ3v) is 6.99. The summed E-state index contributed by atoms with van der Waals surface area (Å²) in [6.45, 7) is 0.367. The Morgan fingerprint density at radius 1 is 0.900 bits per heavy atom. The highest BCUT2D eigenvalue weighted by molar-refractivity contribution is 7.89. The molecule has 1 N–H and O–H groups in total. The highest BCUT2D eigenvalue weighted by atomic mass is 35.5. The monoisotopic (exact) mass is 463 g/mol. The molecule has 0 bridgehead atoms. The van der Waals surface area contributed by atoms with Crippen LogP contribution < -0.4 is 0 Å². The standard InChI is InChI=1S/C22H19Cl2NO4S/c23-18-8-6-16(7-9-18)12-13-25(15-17-4-2-1-3-5-17)30(28,29)19-10-11-21(24)20(14-19)22(26)27/h1-11,14H,12-13,15H2,(H,26,27). The van der Waals surface area contributed by atoms with Crippen molar-refractivity contribution in [1.82, 2.24) is 4.31 Å². The molecular weight excluding hydrogens is 445 g/mol. The molecule has 3 aromatic rings. The minimum absolute atomic E-state index is 0.0165. The number of benzene rings is 3. The average molecular weight is 464 g/mol. The fourth-order valence-electron chi connectivity index (χ4n) is 2.95. The largest absolute Gasteiger partial charge is 0.478 e. The van der Waals surface area contributed by atoms with Crippen LogP contribution in [0.2, 0.25) is 10.0 Å². The van der Waals surface area contributed by atoms with Gasteiger partial charge >= 0.3 is 5.97 Å². The van der Waals surface area contributed by atoms with Crippen LogP contribution in [0, 0.1) is 0 Å². The molecular formula is C22H19Cl2NO4S. The van der Waals surface area contributed by atoms with E-state index >= 15 is 0 Å². The lowest BCUT2D eigenvalue weighted by Gasteiger charge is -2.23. The van der Waals surface area contributed by atoms with Crippen molar-refractivity contribution < 1.29 is 18.3 Å². The van der Waals surface area contributed by atoms with Gasteiger partial charge in [-0.15, -0.1) is 0 Å². The second-order valence-corrected chi connectivity index (χ2v) is 9.43. The molecule has 3 rings (SSSR count). The van der Waals surface area contributed by atoms with Gasteiger partial charge in [-0.25, -0.2) is 13.2 Å². The van der Waals surface area contributed by atoms with Crippen LogP contribution in [0.5, 0.6) is 0 Å². The number of rotatable bonds is 8. The third kappa shape index (κ3) is 5.40. The van der Waals surface area contributed by atoms with Crippen molar-refractivity contribution in [3.8, 4) is 0 Å². The van der Waals surface area contributed by atoms with Crippen LogP contribution in [0.15, 0.2) is 77.7 Å². The molecule has 0 unspecified atom stereocenters. The third-order valence-electron chi connectivity index (χ3n) is 4.57. The fourth-order valence-corrected chi connectivity index (χ4v) is 4.73. The molecule has 0 spiro atoms. The van der Waals surface area contributed by atoms with Gasteiger partial charge in [-0.1, -0.05) is 65.7 Å². The SMILES string of the molecule is O=C(O)c1cc(S(=O)(=O)N(CCc2ccc(Cl)cc2)Cc2ccccc2)ccc1Cl. The first kappa shape index (κ1) is 22.3. The van der Waals surface area contributed by atoms with Crippen LogP contribution in [0.25, 0.3) is 0 Å². The summed E-state index contributed by atoms with van der Waals surface area (Å²) in [5, 5.41) is 9.89. The molecule has 8 heteroatoms. The molecule has 0 aliphatic carbocycles. The quantitative estimate of drug-likeness (QED) is 0.502. The van der Waals surface area contributed by atoms with E-state index in [1.807, 2.05) is 42.5 Å². The van der Waals surface area contributed by atoms with Crippen molar-refractivity contribution >= 4 is 39.2 Å². The van der Waals surface area contributed by atoms with Crippen LogP contribution in [0.4, 0.5) is 0 Å². The predicted octanol–water partition coefficient (Wildman–Crippen LogP) is 5.13. The van der Waals surface area contributed by atoms with Crippen LogP contribution in [-0.4, -0.2) is 30.3 Å². The zero-order valence-electron chi connectivity index (χ0n) is 15.8. The first-order valence-corrected chi connectivity index (χ1v) is 11.3. The van der Waals surface area contributed by atoms with Crippen molar-refractivity contribution in [2.24, 2.45) is 0 Å². The van der Waals surface area contributed by atoms with Crippen molar-refractivity contribution in [2.75, 3.05) is 6.54 Å². The Morgan fingerprint density at radius 3 is 2.20 bits per heavy atom. The second-order valence-electron chi connectivity index (χ2n) is 6.65. The summed E-state index contributed by atoms with van der Waals surface area (Å²) in [4.78, 5) is 11.3. The Morgan fingerprint density at radius 2 is 1.57 bits per heavy atom. The van der Waals surface area contributed by atoms with E-state index in [9.17, 15) is 18.3 Å². The summed E-state index contributed by atoms with van der Waals surface area (Å²) < 4.78 is 28.1. The van der Waals surface area contributed by atoms with Gasteiger partial charge < -0.3 is 5.11 Å². The highest BCUT2D eigenvalue weighted by Gasteiger charge is 2.26. The number of carboxylic acids is 1. The van der Waals surface area contributed by atoms with E-state index in [1.54, 1.807) is 12.1 Å². The maximum Gasteiger partial charge on any atom is 0.337 e. The maximum atomic E-state index is 13.4. The molecule has 0 saturated heterocycles. The van der Waals surface area contributed by atoms with E-state index in [0.717, 1.165) is 17.2 Å². The number of nitrogens with zero attached hydrogens (tertiary/aromatic N) is 1. The number of halogens is 2. The molecule has 156 valence electrons. The van der Waals surface area contributed by atoms with Gasteiger partial charge in [0.05, 0.1) is 15.5 Å². The van der Waals surface area contributed by atoms with Gasteiger partial charge in [0, 0.05) is 18.1 Å². The Balaban J connectivity index is 1.94. The van der Waals surface area contributed by atoms with Crippen molar-refractivity contribution in [1.29, 1.82) is 0 Å². The Labute approximate surface area is 185 Å². The minimum atomic E-state index is -3.97. The lowest BCUT2D eigenvalue weighted by molar-refractivity contribution is 0.0697. The Kier molecular flexibility index (Phi) is 7.15. The van der Waals surface area contributed by atoms with E-state index in [0.29, 0.717) is 11.4 Å². The van der Waals surface area contributed by atoms with Crippen molar-refractivity contribution in [2.45, 2.75) is 17.9 Å². The lowest BCUT2D eigenvalue weighted by Crippen LogP contribution is -2.32. The Hall–Kier alpha value is -2.38. The number of carbonyl (C=O) groups is 1. The molecule has 0 heterocycles. The zero-order chi connectivity index (χ0) is 21.7. The van der Waals surface area contributed by atoms with Gasteiger partial charge in [0.15, 0.2) is 0 Å². The summed E-state index contributed by atoms with van der Waals surface area (Å²) in [5.74, 6) is -1.28. The molecule has 0 saturated carbocycles.